The molecule has 0 fully saturated rings. The second kappa shape index (κ2) is 5.17. The molecule has 0 aliphatic carbocycles. The summed E-state index contributed by atoms with van der Waals surface area (Å²) in [5, 5.41) is 0. The van der Waals surface area contributed by atoms with Crippen molar-refractivity contribution in [3.05, 3.63) is 29.3 Å². The summed E-state index contributed by atoms with van der Waals surface area (Å²) in [6.07, 6.45) is 0. The Bertz CT molecular complexity index is 556. The summed E-state index contributed by atoms with van der Waals surface area (Å²) in [5.74, 6) is -0.222. The van der Waals surface area contributed by atoms with E-state index in [0.29, 0.717) is 5.56 Å². The van der Waals surface area contributed by atoms with E-state index in [2.05, 4.69) is 0 Å². The molecule has 102 valence electrons. The molecule has 0 heterocycles. The van der Waals surface area contributed by atoms with Gasteiger partial charge in [0, 0.05) is 5.56 Å². The van der Waals surface area contributed by atoms with Gasteiger partial charge in [-0.25, -0.2) is 0 Å². The van der Waals surface area contributed by atoms with Gasteiger partial charge < -0.3 is 6.15 Å². The minimum atomic E-state index is -4.27. The highest BCUT2D eigenvalue weighted by molar-refractivity contribution is 7.85. The average molecular weight is 273 g/mol. The number of hydrogen-bond donors (Lipinski definition) is 2. The molecule has 1 rings (SSSR count). The lowest BCUT2D eigenvalue weighted by atomic mass is 9.83. The topological polar surface area (TPSA) is 106 Å². The Labute approximate surface area is 108 Å². The van der Waals surface area contributed by atoms with Crippen molar-refractivity contribution in [2.24, 2.45) is 0 Å². The Kier molecular flexibility index (Phi) is 4.82. The van der Waals surface area contributed by atoms with Crippen molar-refractivity contribution in [1.82, 2.24) is 6.15 Å². The highest BCUT2D eigenvalue weighted by atomic mass is 32.2. The second-order valence-corrected chi connectivity index (χ2v) is 6.41. The Morgan fingerprint density at radius 3 is 2.06 bits per heavy atom. The Morgan fingerprint density at radius 2 is 1.72 bits per heavy atom. The molecule has 0 saturated carbocycles. The molecule has 18 heavy (non-hydrogen) atoms. The summed E-state index contributed by atoms with van der Waals surface area (Å²) in [7, 11) is -4.27. The summed E-state index contributed by atoms with van der Waals surface area (Å²) in [4.78, 5) is 11.3. The van der Waals surface area contributed by atoms with Crippen LogP contribution in [0.5, 0.6) is 0 Å². The van der Waals surface area contributed by atoms with Crippen LogP contribution in [0.3, 0.4) is 0 Å². The van der Waals surface area contributed by atoms with Crippen LogP contribution in [0.1, 0.15) is 43.6 Å². The first-order valence-electron chi connectivity index (χ1n) is 5.16. The number of carbonyl (C=O) groups excluding carboxylic acids is 1. The zero-order valence-corrected chi connectivity index (χ0v) is 11.8. The largest absolute Gasteiger partial charge is 0.344 e. The molecule has 0 atom stereocenters. The molecule has 0 radical (unpaired) electrons. The monoisotopic (exact) mass is 273 g/mol. The van der Waals surface area contributed by atoms with Crippen LogP contribution < -0.4 is 6.15 Å². The van der Waals surface area contributed by atoms with Crippen LogP contribution in [-0.4, -0.2) is 18.8 Å². The van der Waals surface area contributed by atoms with Gasteiger partial charge in [-0.1, -0.05) is 26.8 Å². The standard InChI is InChI=1S/C12H16O4S.H3N/c1-8(13)10-7-9(17(14,15)16)5-6-11(10)12(2,3)4;/h5-7H,1-4H3,(H,14,15,16);1H3. The van der Waals surface area contributed by atoms with Gasteiger partial charge in [-0.2, -0.15) is 8.42 Å². The van der Waals surface area contributed by atoms with Crippen molar-refractivity contribution in [3.63, 3.8) is 0 Å². The maximum absolute atomic E-state index is 11.5. The van der Waals surface area contributed by atoms with Crippen molar-refractivity contribution >= 4 is 15.9 Å². The predicted octanol–water partition coefficient (Wildman–Crippen LogP) is 2.60. The molecule has 0 spiro atoms. The van der Waals surface area contributed by atoms with Gasteiger partial charge in [0.1, 0.15) is 0 Å². The Hall–Kier alpha value is -1.24. The smallest absolute Gasteiger partial charge is 0.294 e. The molecule has 6 heteroatoms. The zero-order chi connectivity index (χ0) is 13.4. The molecule has 4 N–H and O–H groups in total. The highest BCUT2D eigenvalue weighted by Gasteiger charge is 2.22. The number of carbonyl (C=O) groups is 1. The van der Waals surface area contributed by atoms with Crippen LogP contribution in [0.25, 0.3) is 0 Å². The molecular formula is C12H19NO4S. The summed E-state index contributed by atoms with van der Waals surface area (Å²) in [5.41, 5.74) is 0.823. The first-order chi connectivity index (χ1) is 7.53. The Morgan fingerprint density at radius 1 is 1.22 bits per heavy atom. The molecule has 1 aromatic carbocycles. The van der Waals surface area contributed by atoms with E-state index in [9.17, 15) is 13.2 Å². The van der Waals surface area contributed by atoms with Crippen molar-refractivity contribution in [1.29, 1.82) is 0 Å². The van der Waals surface area contributed by atoms with Gasteiger partial charge in [0.15, 0.2) is 5.78 Å². The van der Waals surface area contributed by atoms with E-state index in [1.165, 1.54) is 19.1 Å². The fourth-order valence-corrected chi connectivity index (χ4v) is 2.14. The minimum absolute atomic E-state index is 0. The summed E-state index contributed by atoms with van der Waals surface area (Å²) < 4.78 is 31.0. The van der Waals surface area contributed by atoms with Gasteiger partial charge in [0.25, 0.3) is 10.1 Å². The number of Topliss-reactive ketones (excluding diaryl/α,β-unsaturated/α-hetero) is 1. The van der Waals surface area contributed by atoms with E-state index in [1.807, 2.05) is 20.8 Å². The predicted molar refractivity (Wildman–Crippen MR) is 70.0 cm³/mol. The molecule has 0 aliphatic heterocycles. The number of benzene rings is 1. The highest BCUT2D eigenvalue weighted by Crippen LogP contribution is 2.28. The summed E-state index contributed by atoms with van der Waals surface area (Å²) in [6, 6.07) is 4.10. The number of ketones is 1. The lowest BCUT2D eigenvalue weighted by Gasteiger charge is -2.22. The molecule has 0 saturated heterocycles. The number of rotatable bonds is 2. The van der Waals surface area contributed by atoms with Gasteiger partial charge in [-0.15, -0.1) is 0 Å². The third kappa shape index (κ3) is 3.63. The quantitative estimate of drug-likeness (QED) is 0.636. The molecule has 0 aliphatic rings. The molecule has 0 amide bonds. The van der Waals surface area contributed by atoms with Crippen molar-refractivity contribution in [2.75, 3.05) is 0 Å². The summed E-state index contributed by atoms with van der Waals surface area (Å²) in [6.45, 7) is 7.17. The van der Waals surface area contributed by atoms with Crippen LogP contribution in [0.15, 0.2) is 23.1 Å². The van der Waals surface area contributed by atoms with E-state index in [4.69, 9.17) is 4.55 Å². The van der Waals surface area contributed by atoms with Crippen molar-refractivity contribution in [3.8, 4) is 0 Å². The SMILES string of the molecule is CC(=O)c1cc(S(=O)(=O)O)ccc1C(C)(C)C.N. The average Bonchev–Trinajstić information content (AvgIpc) is 2.14. The lowest BCUT2D eigenvalue weighted by Crippen LogP contribution is -2.17. The van der Waals surface area contributed by atoms with Gasteiger partial charge in [-0.05, 0) is 30.0 Å². The fourth-order valence-electron chi connectivity index (χ4n) is 1.63. The van der Waals surface area contributed by atoms with Crippen LogP contribution >= 0.6 is 0 Å². The molecule has 0 bridgehead atoms. The first-order valence-corrected chi connectivity index (χ1v) is 6.60. The molecule has 5 nitrogen and oxygen atoms in total. The zero-order valence-electron chi connectivity index (χ0n) is 11.0. The second-order valence-electron chi connectivity index (χ2n) is 4.99. The van der Waals surface area contributed by atoms with Gasteiger partial charge >= 0.3 is 0 Å². The number of hydrogen-bond acceptors (Lipinski definition) is 4. The normalized spacial score (nSPS) is 11.8. The lowest BCUT2D eigenvalue weighted by molar-refractivity contribution is 0.101. The fraction of sp³-hybridized carbons (Fsp3) is 0.417. The molecule has 0 unspecified atom stereocenters. The van der Waals surface area contributed by atoms with Crippen LogP contribution in [-0.2, 0) is 15.5 Å². The maximum Gasteiger partial charge on any atom is 0.294 e. The van der Waals surface area contributed by atoms with Gasteiger partial charge in [0.05, 0.1) is 4.90 Å². The van der Waals surface area contributed by atoms with Crippen LogP contribution in [0.2, 0.25) is 0 Å². The van der Waals surface area contributed by atoms with Gasteiger partial charge in [0.2, 0.25) is 0 Å². The summed E-state index contributed by atoms with van der Waals surface area (Å²) >= 11 is 0. The van der Waals surface area contributed by atoms with Crippen molar-refractivity contribution < 1.29 is 17.8 Å². The van der Waals surface area contributed by atoms with Crippen molar-refractivity contribution in [2.45, 2.75) is 38.0 Å². The maximum atomic E-state index is 11.5. The molecule has 1 aromatic rings. The minimum Gasteiger partial charge on any atom is -0.344 e. The van der Waals surface area contributed by atoms with Crippen LogP contribution in [0.4, 0.5) is 0 Å². The van der Waals surface area contributed by atoms with E-state index in [-0.39, 0.29) is 22.2 Å². The molecular weight excluding hydrogens is 254 g/mol. The van der Waals surface area contributed by atoms with E-state index in [0.717, 1.165) is 5.56 Å². The van der Waals surface area contributed by atoms with E-state index in [1.54, 1.807) is 6.07 Å². The van der Waals surface area contributed by atoms with E-state index < -0.39 is 10.1 Å². The third-order valence-corrected chi connectivity index (χ3v) is 3.33. The first kappa shape index (κ1) is 16.8. The Balaban J connectivity index is 0.00000289. The third-order valence-electron chi connectivity index (χ3n) is 2.48. The molecule has 0 aromatic heterocycles. The van der Waals surface area contributed by atoms with Crippen LogP contribution in [0, 0.1) is 0 Å². The van der Waals surface area contributed by atoms with E-state index >= 15 is 0 Å². The van der Waals surface area contributed by atoms with Gasteiger partial charge in [-0.3, -0.25) is 9.35 Å².